The summed E-state index contributed by atoms with van der Waals surface area (Å²) in [7, 11) is 0. The van der Waals surface area contributed by atoms with Crippen LogP contribution in [0.2, 0.25) is 0 Å². The van der Waals surface area contributed by atoms with Crippen LogP contribution in [0.3, 0.4) is 0 Å². The van der Waals surface area contributed by atoms with Gasteiger partial charge in [0.25, 0.3) is 0 Å². The molecule has 100 valence electrons. The van der Waals surface area contributed by atoms with Crippen LogP contribution in [0.15, 0.2) is 24.7 Å². The molecule has 5 heteroatoms. The zero-order chi connectivity index (χ0) is 13.7. The number of aromatic nitrogens is 3. The summed E-state index contributed by atoms with van der Waals surface area (Å²) in [4.78, 5) is 12.8. The molecule has 0 aliphatic rings. The van der Waals surface area contributed by atoms with Gasteiger partial charge in [0.2, 0.25) is 0 Å². The van der Waals surface area contributed by atoms with Gasteiger partial charge in [-0.05, 0) is 32.4 Å². The highest BCUT2D eigenvalue weighted by molar-refractivity contribution is 5.56. The third-order valence-electron chi connectivity index (χ3n) is 2.86. The van der Waals surface area contributed by atoms with E-state index in [0.29, 0.717) is 6.54 Å². The van der Waals surface area contributed by atoms with E-state index in [-0.39, 0.29) is 0 Å². The molecule has 0 atom stereocenters. The predicted octanol–water partition coefficient (Wildman–Crippen LogP) is 2.53. The molecule has 0 saturated heterocycles. The first kappa shape index (κ1) is 13.3. The highest BCUT2D eigenvalue weighted by Crippen LogP contribution is 2.18. The maximum absolute atomic E-state index is 4.28. The van der Waals surface area contributed by atoms with Crippen molar-refractivity contribution < 1.29 is 0 Å². The van der Waals surface area contributed by atoms with Gasteiger partial charge in [0.05, 0.1) is 0 Å². The monoisotopic (exact) mass is 257 g/mol. The van der Waals surface area contributed by atoms with Gasteiger partial charge in [-0.25, -0.2) is 9.97 Å². The summed E-state index contributed by atoms with van der Waals surface area (Å²) in [5.41, 5.74) is 3.19. The fourth-order valence-corrected chi connectivity index (χ4v) is 1.76. The molecule has 0 bridgehead atoms. The number of hydrogen-bond donors (Lipinski definition) is 2. The fraction of sp³-hybridized carbons (Fsp3) is 0.357. The van der Waals surface area contributed by atoms with E-state index in [1.54, 1.807) is 6.33 Å². The van der Waals surface area contributed by atoms with Gasteiger partial charge in [-0.1, -0.05) is 6.07 Å². The number of anilines is 2. The summed E-state index contributed by atoms with van der Waals surface area (Å²) in [6.45, 7) is 7.59. The molecule has 2 aromatic rings. The summed E-state index contributed by atoms with van der Waals surface area (Å²) in [5, 5.41) is 6.53. The third-order valence-corrected chi connectivity index (χ3v) is 2.86. The van der Waals surface area contributed by atoms with Gasteiger partial charge in [-0.2, -0.15) is 0 Å². The van der Waals surface area contributed by atoms with Gasteiger partial charge >= 0.3 is 0 Å². The van der Waals surface area contributed by atoms with Gasteiger partial charge < -0.3 is 10.6 Å². The Kier molecular flexibility index (Phi) is 4.28. The van der Waals surface area contributed by atoms with E-state index in [4.69, 9.17) is 0 Å². The highest BCUT2D eigenvalue weighted by atomic mass is 15.1. The van der Waals surface area contributed by atoms with Crippen LogP contribution in [-0.2, 0) is 6.54 Å². The lowest BCUT2D eigenvalue weighted by atomic mass is 10.2. The summed E-state index contributed by atoms with van der Waals surface area (Å²) >= 11 is 0. The molecule has 5 nitrogen and oxygen atoms in total. The Bertz CT molecular complexity index is 536. The van der Waals surface area contributed by atoms with Crippen LogP contribution in [-0.4, -0.2) is 21.5 Å². The molecule has 0 amide bonds. The molecule has 2 rings (SSSR count). The van der Waals surface area contributed by atoms with E-state index in [1.165, 1.54) is 0 Å². The maximum atomic E-state index is 4.28. The number of aryl methyl sites for hydroxylation is 1. The lowest BCUT2D eigenvalue weighted by molar-refractivity contribution is 1.03. The Morgan fingerprint density at radius 1 is 1.00 bits per heavy atom. The molecule has 0 spiro atoms. The van der Waals surface area contributed by atoms with Crippen molar-refractivity contribution >= 4 is 11.6 Å². The van der Waals surface area contributed by atoms with Crippen LogP contribution in [0.25, 0.3) is 0 Å². The van der Waals surface area contributed by atoms with E-state index in [2.05, 4.69) is 31.7 Å². The molecule has 0 fully saturated rings. The first-order valence-electron chi connectivity index (χ1n) is 6.41. The quantitative estimate of drug-likeness (QED) is 0.861. The van der Waals surface area contributed by atoms with Crippen molar-refractivity contribution in [2.24, 2.45) is 0 Å². The molecule has 2 heterocycles. The minimum atomic E-state index is 0.705. The zero-order valence-electron chi connectivity index (χ0n) is 11.6. The van der Waals surface area contributed by atoms with Crippen LogP contribution in [0.4, 0.5) is 11.6 Å². The molecular weight excluding hydrogens is 238 g/mol. The SMILES string of the molecule is CCNc1ncnc(NCc2ccc(C)nc2)c1C. The highest BCUT2D eigenvalue weighted by Gasteiger charge is 2.05. The Labute approximate surface area is 113 Å². The third kappa shape index (κ3) is 3.40. The maximum Gasteiger partial charge on any atom is 0.134 e. The molecule has 2 aromatic heterocycles. The molecule has 0 aliphatic carbocycles. The topological polar surface area (TPSA) is 62.7 Å². The standard InChI is InChI=1S/C14H19N5/c1-4-15-13-11(3)14(19-9-18-13)17-8-12-6-5-10(2)16-7-12/h5-7,9H,4,8H2,1-3H3,(H2,15,17,18,19). The average Bonchev–Trinajstić information content (AvgIpc) is 2.42. The number of nitrogens with zero attached hydrogens (tertiary/aromatic N) is 3. The Balaban J connectivity index is 2.07. The van der Waals surface area contributed by atoms with E-state index < -0.39 is 0 Å². The van der Waals surface area contributed by atoms with Crippen LogP contribution >= 0.6 is 0 Å². The van der Waals surface area contributed by atoms with Gasteiger partial charge in [0.1, 0.15) is 18.0 Å². The Hall–Kier alpha value is -2.17. The average molecular weight is 257 g/mol. The van der Waals surface area contributed by atoms with Gasteiger partial charge in [0.15, 0.2) is 0 Å². The Morgan fingerprint density at radius 3 is 2.37 bits per heavy atom. The van der Waals surface area contributed by atoms with Crippen LogP contribution in [0, 0.1) is 13.8 Å². The lowest BCUT2D eigenvalue weighted by Gasteiger charge is -2.11. The lowest BCUT2D eigenvalue weighted by Crippen LogP contribution is -2.08. The van der Waals surface area contributed by atoms with Gasteiger partial charge in [-0.15, -0.1) is 0 Å². The van der Waals surface area contributed by atoms with Crippen molar-refractivity contribution in [3.05, 3.63) is 41.5 Å². The van der Waals surface area contributed by atoms with Crippen LogP contribution in [0.1, 0.15) is 23.7 Å². The van der Waals surface area contributed by atoms with E-state index >= 15 is 0 Å². The van der Waals surface area contributed by atoms with Crippen molar-refractivity contribution in [3.8, 4) is 0 Å². The van der Waals surface area contributed by atoms with Crippen molar-refractivity contribution in [1.82, 2.24) is 15.0 Å². The van der Waals surface area contributed by atoms with Gasteiger partial charge in [-0.3, -0.25) is 4.98 Å². The minimum Gasteiger partial charge on any atom is -0.370 e. The second-order valence-electron chi connectivity index (χ2n) is 4.39. The summed E-state index contributed by atoms with van der Waals surface area (Å²) in [6, 6.07) is 4.07. The van der Waals surface area contributed by atoms with Crippen molar-refractivity contribution in [1.29, 1.82) is 0 Å². The molecular formula is C14H19N5. The summed E-state index contributed by atoms with van der Waals surface area (Å²) < 4.78 is 0. The van der Waals surface area contributed by atoms with Crippen LogP contribution in [0.5, 0.6) is 0 Å². The molecule has 0 saturated carbocycles. The first-order chi connectivity index (χ1) is 9.20. The van der Waals surface area contributed by atoms with E-state index in [0.717, 1.165) is 35.0 Å². The smallest absolute Gasteiger partial charge is 0.134 e. The predicted molar refractivity (Wildman–Crippen MR) is 77.2 cm³/mol. The second-order valence-corrected chi connectivity index (χ2v) is 4.39. The van der Waals surface area contributed by atoms with Crippen molar-refractivity contribution in [3.63, 3.8) is 0 Å². The summed E-state index contributed by atoms with van der Waals surface area (Å²) in [5.74, 6) is 1.73. The minimum absolute atomic E-state index is 0.705. The zero-order valence-corrected chi connectivity index (χ0v) is 11.6. The number of pyridine rings is 1. The molecule has 19 heavy (non-hydrogen) atoms. The number of rotatable bonds is 5. The van der Waals surface area contributed by atoms with E-state index in [9.17, 15) is 0 Å². The fourth-order valence-electron chi connectivity index (χ4n) is 1.76. The molecule has 0 radical (unpaired) electrons. The molecule has 0 unspecified atom stereocenters. The normalized spacial score (nSPS) is 10.3. The largest absolute Gasteiger partial charge is 0.370 e. The molecule has 0 aromatic carbocycles. The van der Waals surface area contributed by atoms with E-state index in [1.807, 2.05) is 33.0 Å². The van der Waals surface area contributed by atoms with Crippen LogP contribution < -0.4 is 10.6 Å². The number of nitrogens with one attached hydrogen (secondary N) is 2. The van der Waals surface area contributed by atoms with Gasteiger partial charge in [0, 0.05) is 30.5 Å². The molecule has 0 aliphatic heterocycles. The van der Waals surface area contributed by atoms with Crippen molar-refractivity contribution in [2.75, 3.05) is 17.2 Å². The first-order valence-corrected chi connectivity index (χ1v) is 6.41. The summed E-state index contributed by atoms with van der Waals surface area (Å²) in [6.07, 6.45) is 3.45. The molecule has 2 N–H and O–H groups in total. The Morgan fingerprint density at radius 2 is 1.74 bits per heavy atom. The number of hydrogen-bond acceptors (Lipinski definition) is 5. The van der Waals surface area contributed by atoms with Crippen molar-refractivity contribution in [2.45, 2.75) is 27.3 Å². The second kappa shape index (κ2) is 6.13.